The molecule has 9 heteroatoms. The number of aromatic nitrogens is 1. The van der Waals surface area contributed by atoms with Gasteiger partial charge in [-0.3, -0.25) is 9.59 Å². The van der Waals surface area contributed by atoms with E-state index < -0.39 is 11.7 Å². The Kier molecular flexibility index (Phi) is 4.75. The van der Waals surface area contributed by atoms with E-state index in [4.69, 9.17) is 11.6 Å². The van der Waals surface area contributed by atoms with Crippen molar-refractivity contribution < 1.29 is 22.8 Å². The highest BCUT2D eigenvalue weighted by atomic mass is 35.5. The van der Waals surface area contributed by atoms with Crippen LogP contribution in [0.4, 0.5) is 18.9 Å². The first-order chi connectivity index (χ1) is 11.7. The van der Waals surface area contributed by atoms with Gasteiger partial charge in [0, 0.05) is 17.4 Å². The molecule has 0 saturated heterocycles. The molecule has 1 aliphatic heterocycles. The third-order valence-corrected chi connectivity index (χ3v) is 4.93. The average Bonchev–Trinajstić information content (AvgIpc) is 2.91. The van der Waals surface area contributed by atoms with Crippen molar-refractivity contribution >= 4 is 40.7 Å². The van der Waals surface area contributed by atoms with Crippen molar-refractivity contribution in [3.63, 3.8) is 0 Å². The van der Waals surface area contributed by atoms with Gasteiger partial charge in [-0.25, -0.2) is 4.98 Å². The van der Waals surface area contributed by atoms with Crippen molar-refractivity contribution in [3.8, 4) is 0 Å². The third kappa shape index (κ3) is 3.96. The van der Waals surface area contributed by atoms with Crippen LogP contribution in [-0.2, 0) is 17.4 Å². The minimum absolute atomic E-state index is 0.0295. The van der Waals surface area contributed by atoms with Gasteiger partial charge < -0.3 is 5.32 Å². The molecule has 25 heavy (non-hydrogen) atoms. The third-order valence-electron chi connectivity index (χ3n) is 3.53. The predicted molar refractivity (Wildman–Crippen MR) is 88.1 cm³/mol. The van der Waals surface area contributed by atoms with E-state index in [1.807, 2.05) is 0 Å². The smallest absolute Gasteiger partial charge is 0.326 e. The molecule has 1 aromatic heterocycles. The molecule has 0 spiro atoms. The summed E-state index contributed by atoms with van der Waals surface area (Å²) >= 11 is 6.78. The summed E-state index contributed by atoms with van der Waals surface area (Å²) in [5.41, 5.74) is 0.906. The Balaban J connectivity index is 1.69. The summed E-state index contributed by atoms with van der Waals surface area (Å²) in [5.74, 6) is -0.391. The summed E-state index contributed by atoms with van der Waals surface area (Å²) in [7, 11) is 0. The number of thioether (sulfide) groups is 1. The van der Waals surface area contributed by atoms with E-state index in [9.17, 15) is 22.8 Å². The van der Waals surface area contributed by atoms with Crippen molar-refractivity contribution in [1.82, 2.24) is 4.98 Å². The molecule has 1 aliphatic rings. The number of nitrogens with one attached hydrogen (secondary N) is 1. The van der Waals surface area contributed by atoms with Crippen LogP contribution >= 0.6 is 23.4 Å². The monoisotopic (exact) mass is 386 g/mol. The molecule has 3 rings (SSSR count). The number of pyridine rings is 1. The first kappa shape index (κ1) is 17.8. The van der Waals surface area contributed by atoms with Crippen LogP contribution in [0.3, 0.4) is 0 Å². The second-order valence-corrected chi connectivity index (χ2v) is 6.69. The van der Waals surface area contributed by atoms with Gasteiger partial charge in [0.05, 0.1) is 22.8 Å². The molecular formula is C16H10ClF3N2O2S. The van der Waals surface area contributed by atoms with Crippen LogP contribution in [-0.4, -0.2) is 22.4 Å². The lowest BCUT2D eigenvalue weighted by atomic mass is 10.1. The molecule has 1 amide bonds. The highest BCUT2D eigenvalue weighted by Crippen LogP contribution is 2.34. The summed E-state index contributed by atoms with van der Waals surface area (Å²) < 4.78 is 37.7. The predicted octanol–water partition coefficient (Wildman–Crippen LogP) is 4.22. The van der Waals surface area contributed by atoms with E-state index in [2.05, 4.69) is 10.3 Å². The molecule has 0 aliphatic carbocycles. The van der Waals surface area contributed by atoms with Crippen molar-refractivity contribution in [3.05, 3.63) is 52.2 Å². The lowest BCUT2D eigenvalue weighted by Crippen LogP contribution is -2.06. The molecule has 0 fully saturated rings. The number of hydrogen-bond donors (Lipinski definition) is 1. The van der Waals surface area contributed by atoms with Gasteiger partial charge in [0.2, 0.25) is 5.91 Å². The highest BCUT2D eigenvalue weighted by Gasteiger charge is 2.31. The van der Waals surface area contributed by atoms with E-state index in [1.165, 1.54) is 0 Å². The van der Waals surface area contributed by atoms with E-state index >= 15 is 0 Å². The van der Waals surface area contributed by atoms with Gasteiger partial charge in [0.1, 0.15) is 5.03 Å². The van der Waals surface area contributed by atoms with Crippen LogP contribution < -0.4 is 5.32 Å². The van der Waals surface area contributed by atoms with E-state index in [0.717, 1.165) is 23.4 Å². The number of Topliss-reactive ketones (excluding diaryl/α,β-unsaturated/α-hetero) is 1. The van der Waals surface area contributed by atoms with Gasteiger partial charge in [-0.15, -0.1) is 0 Å². The number of halogens is 4. The number of rotatable bonds is 4. The van der Waals surface area contributed by atoms with Crippen LogP contribution in [0.2, 0.25) is 5.02 Å². The lowest BCUT2D eigenvalue weighted by molar-refractivity contribution is -0.137. The molecule has 0 saturated carbocycles. The van der Waals surface area contributed by atoms with Crippen LogP contribution in [0.15, 0.2) is 35.5 Å². The number of benzene rings is 1. The SMILES string of the molecule is O=C1Cc2cc(C(=O)CSc3ncc(C(F)(F)F)cc3Cl)ccc2N1. The van der Waals surface area contributed by atoms with Gasteiger partial charge in [0.25, 0.3) is 0 Å². The number of fused-ring (bicyclic) bond motifs is 1. The van der Waals surface area contributed by atoms with Crippen molar-refractivity contribution in [1.29, 1.82) is 0 Å². The zero-order valence-electron chi connectivity index (χ0n) is 12.5. The number of amides is 1. The number of alkyl halides is 3. The van der Waals surface area contributed by atoms with Gasteiger partial charge in [-0.1, -0.05) is 23.4 Å². The molecule has 2 heterocycles. The van der Waals surface area contributed by atoms with Crippen molar-refractivity contribution in [2.75, 3.05) is 11.1 Å². The number of ketones is 1. The number of hydrogen-bond acceptors (Lipinski definition) is 4. The van der Waals surface area contributed by atoms with Crippen molar-refractivity contribution in [2.45, 2.75) is 17.6 Å². The average molecular weight is 387 g/mol. The number of carbonyl (C=O) groups excluding carboxylic acids is 2. The second kappa shape index (κ2) is 6.68. The van der Waals surface area contributed by atoms with Crippen LogP contribution in [0.5, 0.6) is 0 Å². The maximum Gasteiger partial charge on any atom is 0.417 e. The molecular weight excluding hydrogens is 377 g/mol. The Bertz CT molecular complexity index is 871. The molecule has 130 valence electrons. The zero-order chi connectivity index (χ0) is 18.2. The standard InChI is InChI=1S/C16H10ClF3N2O2S/c17-11-5-10(16(18,19)20)6-21-15(11)25-7-13(23)8-1-2-12-9(3-8)4-14(24)22-12/h1-3,5-6H,4,7H2,(H,22,24). The highest BCUT2D eigenvalue weighted by molar-refractivity contribution is 8.00. The van der Waals surface area contributed by atoms with Gasteiger partial charge >= 0.3 is 6.18 Å². The molecule has 1 N–H and O–H groups in total. The lowest BCUT2D eigenvalue weighted by Gasteiger charge is -2.09. The topological polar surface area (TPSA) is 59.1 Å². The fraction of sp³-hybridized carbons (Fsp3) is 0.188. The van der Waals surface area contributed by atoms with Crippen LogP contribution in [0, 0.1) is 0 Å². The Hall–Kier alpha value is -2.06. The Morgan fingerprint density at radius 1 is 1.32 bits per heavy atom. The normalized spacial score (nSPS) is 13.5. The van der Waals surface area contributed by atoms with Crippen LogP contribution in [0.25, 0.3) is 0 Å². The maximum atomic E-state index is 12.6. The van der Waals surface area contributed by atoms with Gasteiger partial charge in [-0.05, 0) is 29.8 Å². The summed E-state index contributed by atoms with van der Waals surface area (Å²) in [6.45, 7) is 0. The molecule has 0 unspecified atom stereocenters. The number of carbonyl (C=O) groups is 2. The Morgan fingerprint density at radius 3 is 2.76 bits per heavy atom. The zero-order valence-corrected chi connectivity index (χ0v) is 14.1. The number of anilines is 1. The van der Waals surface area contributed by atoms with Gasteiger partial charge in [0.15, 0.2) is 5.78 Å². The maximum absolute atomic E-state index is 12.6. The fourth-order valence-corrected chi connectivity index (χ4v) is 3.40. The Labute approximate surface area is 149 Å². The van der Waals surface area contributed by atoms with Gasteiger partial charge in [-0.2, -0.15) is 13.2 Å². The largest absolute Gasteiger partial charge is 0.417 e. The minimum Gasteiger partial charge on any atom is -0.326 e. The fourth-order valence-electron chi connectivity index (χ4n) is 2.31. The summed E-state index contributed by atoms with van der Waals surface area (Å²) in [6.07, 6.45) is -3.62. The summed E-state index contributed by atoms with van der Waals surface area (Å²) in [6, 6.07) is 5.67. The molecule has 0 atom stereocenters. The molecule has 4 nitrogen and oxygen atoms in total. The number of nitrogens with zero attached hydrogens (tertiary/aromatic N) is 1. The summed E-state index contributed by atoms with van der Waals surface area (Å²) in [5, 5.41) is 2.67. The minimum atomic E-state index is -4.52. The molecule has 0 radical (unpaired) electrons. The Morgan fingerprint density at radius 2 is 2.08 bits per heavy atom. The van der Waals surface area contributed by atoms with E-state index in [-0.39, 0.29) is 33.9 Å². The van der Waals surface area contributed by atoms with E-state index in [0.29, 0.717) is 17.4 Å². The first-order valence-electron chi connectivity index (χ1n) is 7.05. The van der Waals surface area contributed by atoms with E-state index in [1.54, 1.807) is 18.2 Å². The molecule has 0 bridgehead atoms. The second-order valence-electron chi connectivity index (χ2n) is 5.32. The first-order valence-corrected chi connectivity index (χ1v) is 8.42. The summed E-state index contributed by atoms with van der Waals surface area (Å²) in [4.78, 5) is 27.3. The molecule has 2 aromatic rings. The van der Waals surface area contributed by atoms with Crippen LogP contribution in [0.1, 0.15) is 21.5 Å². The van der Waals surface area contributed by atoms with Crippen molar-refractivity contribution in [2.24, 2.45) is 0 Å². The molecule has 1 aromatic carbocycles. The quantitative estimate of drug-likeness (QED) is 0.631.